The number of nitrogens with zero attached hydrogens (tertiary/aromatic N) is 8. The first-order valence-electron chi connectivity index (χ1n) is 38.5. The molecule has 3 aromatic heterocycles. The number of rotatable bonds is 16. The number of aliphatic imine (C=N–C) groups is 2. The van der Waals surface area contributed by atoms with E-state index in [1.54, 1.807) is 0 Å². The molecule has 2 aliphatic heterocycles. The lowest BCUT2D eigenvalue weighted by molar-refractivity contribution is 0.413. The summed E-state index contributed by atoms with van der Waals surface area (Å²) in [5.74, 6) is 7.66. The predicted molar refractivity (Wildman–Crippen MR) is 459 cm³/mol. The molecule has 0 fully saturated rings. The molecule has 5 heterocycles. The van der Waals surface area contributed by atoms with Crippen molar-refractivity contribution in [3.05, 3.63) is 283 Å². The Morgan fingerprint density at radius 3 is 0.728 bits per heavy atom. The van der Waals surface area contributed by atoms with Crippen LogP contribution in [0.3, 0.4) is 0 Å². The molecule has 568 valence electrons. The second-order valence-electron chi connectivity index (χ2n) is 32.0. The molecule has 14 aromatic rings. The van der Waals surface area contributed by atoms with Gasteiger partial charge in [-0.05, 0) is 231 Å². The van der Waals surface area contributed by atoms with E-state index < -0.39 is 0 Å². The van der Waals surface area contributed by atoms with Gasteiger partial charge in [0.05, 0.1) is 0 Å². The van der Waals surface area contributed by atoms with Gasteiger partial charge in [-0.1, -0.05) is 187 Å². The van der Waals surface area contributed by atoms with Gasteiger partial charge >= 0.3 is 0 Å². The van der Waals surface area contributed by atoms with Crippen LogP contribution in [0.1, 0.15) is 131 Å². The highest BCUT2D eigenvalue weighted by molar-refractivity contribution is 6.07. The van der Waals surface area contributed by atoms with Gasteiger partial charge in [0.1, 0.15) is 57.2 Å². The van der Waals surface area contributed by atoms with Crippen molar-refractivity contribution >= 4 is 57.2 Å². The van der Waals surface area contributed by atoms with E-state index in [-0.39, 0.29) is 45.4 Å². The third-order valence-corrected chi connectivity index (χ3v) is 21.1. The van der Waals surface area contributed by atoms with Crippen LogP contribution in [0.5, 0.6) is 69.0 Å². The van der Waals surface area contributed by atoms with E-state index in [0.29, 0.717) is 125 Å². The Labute approximate surface area is 664 Å². The Hall–Kier alpha value is -13.3. The fourth-order valence-electron chi connectivity index (χ4n) is 14.7. The average Bonchev–Trinajstić information content (AvgIpc) is 1.58. The highest BCUT2D eigenvalue weighted by Gasteiger charge is 2.31. The van der Waals surface area contributed by atoms with Gasteiger partial charge in [0.25, 0.3) is 0 Å². The van der Waals surface area contributed by atoms with Crippen LogP contribution < -0.4 is 28.4 Å². The molecule has 16 nitrogen and oxygen atoms in total. The molecular weight excluding hydrogens is 1410 g/mol. The van der Waals surface area contributed by atoms with Crippen LogP contribution in [-0.4, -0.2) is 52.3 Å². The molecule has 114 heavy (non-hydrogen) atoms. The molecule has 11 aromatic carbocycles. The van der Waals surface area contributed by atoms with Crippen molar-refractivity contribution in [1.29, 1.82) is 0 Å². The molecule has 0 radical (unpaired) electrons. The van der Waals surface area contributed by atoms with Gasteiger partial charge in [0.15, 0.2) is 69.1 Å². The molecular formula is C98H90N10O6. The fourth-order valence-corrected chi connectivity index (χ4v) is 14.7. The Morgan fingerprint density at radius 1 is 0.263 bits per heavy atom. The van der Waals surface area contributed by atoms with Crippen molar-refractivity contribution < 1.29 is 28.4 Å². The summed E-state index contributed by atoms with van der Waals surface area (Å²) in [4.78, 5) is 52.2. The first-order valence-corrected chi connectivity index (χ1v) is 38.5. The maximum Gasteiger partial charge on any atom is 0.170 e. The summed E-state index contributed by atoms with van der Waals surface area (Å²) in [6.45, 7) is 37.6. The molecule has 2 N–H and O–H groups in total. The minimum atomic E-state index is -0.167. The first-order chi connectivity index (χ1) is 54.6. The van der Waals surface area contributed by atoms with Crippen molar-refractivity contribution in [3.63, 3.8) is 0 Å². The number of nitrogens with one attached hydrogen (secondary N) is 2. The lowest BCUT2D eigenvalue weighted by Crippen LogP contribution is -2.11. The summed E-state index contributed by atoms with van der Waals surface area (Å²) in [5.41, 5.74) is 19.2. The quantitative estimate of drug-likeness (QED) is 0.0872. The lowest BCUT2D eigenvalue weighted by atomic mass is 9.86. The van der Waals surface area contributed by atoms with Crippen LogP contribution >= 0.6 is 0 Å². The SMILES string of the molecule is Cc1cccc(C)c1Oc1cc2c(cc1Oc1c(C)cccc1C)-c1nc-2nc2[nH]c(nc3nc(nc4[nH]c(n1)c1cc(Oc5c(C)cccc5C)c(Oc5c(C)cccc5C)cc41)-c1cc(Oc4c(C)cccc4C)c(Oc4c(C)cccc4C)cc1-3)c(N=Cc1cccc(C(C)(C)C)c1)c2N=Cc1cccc(C(C)(C)C)c1. The van der Waals surface area contributed by atoms with Crippen molar-refractivity contribution in [3.8, 4) is 115 Å². The third kappa shape index (κ3) is 14.7. The lowest BCUT2D eigenvalue weighted by Gasteiger charge is -2.19. The number of ether oxygens (including phenoxy) is 6. The summed E-state index contributed by atoms with van der Waals surface area (Å²) >= 11 is 0. The highest BCUT2D eigenvalue weighted by Crippen LogP contribution is 2.51. The number of fused-ring (bicyclic) bond motifs is 17. The minimum Gasteiger partial charge on any atom is -0.453 e. The normalized spacial score (nSPS) is 12.1. The maximum atomic E-state index is 7.19. The van der Waals surface area contributed by atoms with Gasteiger partial charge < -0.3 is 38.4 Å². The number of hydrogen-bond acceptors (Lipinski definition) is 14. The van der Waals surface area contributed by atoms with E-state index >= 15 is 0 Å². The van der Waals surface area contributed by atoms with E-state index in [4.69, 9.17) is 68.3 Å². The van der Waals surface area contributed by atoms with E-state index in [1.165, 1.54) is 0 Å². The zero-order valence-electron chi connectivity index (χ0n) is 67.7. The van der Waals surface area contributed by atoms with Crippen LogP contribution in [-0.2, 0) is 10.8 Å². The molecule has 16 rings (SSSR count). The van der Waals surface area contributed by atoms with Crippen LogP contribution in [0.15, 0.2) is 204 Å². The standard InChI is InChI=1S/C98H90N10O6/c1-53-27-19-28-54(2)83(53)109-75-45-69-70(46-76(75)110-84-55(3)29-20-30-56(84)4)90-101-89(69)102-91-71-47-77(111-85-57(5)31-21-32-58(85)6)79(113-87-61(9)35-23-36-62(87)10)49-73(71)93(104-91)106-95-81(99-51-65-39-25-41-67(43-65)97(13,14)15)82(100-52-66-40-26-42-68(44-66)98(16,17)18)96(108-95)107-94-74-50-80(114-88-63(11)37-24-38-64(88)12)78(48-72(74)92(103-90)105-94)112-86-59(7)33-22-34-60(86)8/h19-52H,1-18H3,(H2,101,102,103,104,105,106,107,108). The Balaban J connectivity index is 1.07. The Bertz CT molecular complexity index is 6000. The minimum absolute atomic E-state index is 0.167. The molecule has 0 saturated heterocycles. The molecule has 0 spiro atoms. The summed E-state index contributed by atoms with van der Waals surface area (Å²) in [7, 11) is 0. The maximum absolute atomic E-state index is 7.19. The summed E-state index contributed by atoms with van der Waals surface area (Å²) in [6.07, 6.45) is 3.70. The first kappa shape index (κ1) is 74.7. The summed E-state index contributed by atoms with van der Waals surface area (Å²) in [6, 6.07) is 65.1. The molecule has 0 aliphatic carbocycles. The van der Waals surface area contributed by atoms with Crippen LogP contribution in [0.2, 0.25) is 0 Å². The van der Waals surface area contributed by atoms with Crippen LogP contribution in [0, 0.1) is 83.1 Å². The predicted octanol–water partition coefficient (Wildman–Crippen LogP) is 26.3. The number of H-pyrrole nitrogens is 2. The van der Waals surface area contributed by atoms with Crippen molar-refractivity contribution in [2.75, 3.05) is 0 Å². The van der Waals surface area contributed by atoms with Crippen molar-refractivity contribution in [2.24, 2.45) is 9.98 Å². The van der Waals surface area contributed by atoms with Gasteiger partial charge in [0, 0.05) is 45.5 Å². The number of aromatic nitrogens is 8. The summed E-state index contributed by atoms with van der Waals surface area (Å²) in [5, 5.41) is 1.23. The number of para-hydroxylation sites is 6. The molecule has 0 amide bonds. The van der Waals surface area contributed by atoms with Crippen LogP contribution in [0.25, 0.3) is 78.9 Å². The van der Waals surface area contributed by atoms with Gasteiger partial charge in [-0.15, -0.1) is 0 Å². The molecule has 2 aliphatic rings. The van der Waals surface area contributed by atoms with E-state index in [2.05, 4.69) is 87.9 Å². The zero-order valence-corrected chi connectivity index (χ0v) is 67.7. The number of aromatic amines is 2. The molecule has 0 unspecified atom stereocenters. The Morgan fingerprint density at radius 2 is 0.482 bits per heavy atom. The van der Waals surface area contributed by atoms with Crippen LogP contribution in [0.4, 0.5) is 11.4 Å². The largest absolute Gasteiger partial charge is 0.453 e. The van der Waals surface area contributed by atoms with Crippen molar-refractivity contribution in [1.82, 2.24) is 39.9 Å². The molecule has 16 heteroatoms. The van der Waals surface area contributed by atoms with E-state index in [0.717, 1.165) is 89.0 Å². The second-order valence-corrected chi connectivity index (χ2v) is 32.0. The average molecular weight is 1500 g/mol. The molecule has 8 bridgehead atoms. The number of aryl methyl sites for hydroxylation is 12. The summed E-state index contributed by atoms with van der Waals surface area (Å²) < 4.78 is 43.1. The monoisotopic (exact) mass is 1500 g/mol. The van der Waals surface area contributed by atoms with Gasteiger partial charge in [-0.3, -0.25) is 0 Å². The van der Waals surface area contributed by atoms with Gasteiger partial charge in [-0.25, -0.2) is 39.9 Å². The smallest absolute Gasteiger partial charge is 0.170 e. The van der Waals surface area contributed by atoms with E-state index in [1.807, 2.05) is 253 Å². The molecule has 0 saturated carbocycles. The van der Waals surface area contributed by atoms with E-state index in [9.17, 15) is 0 Å². The Kier molecular flexibility index (Phi) is 19.5. The van der Waals surface area contributed by atoms with Crippen molar-refractivity contribution in [2.45, 2.75) is 135 Å². The highest BCUT2D eigenvalue weighted by atomic mass is 16.5. The fraction of sp³-hybridized carbons (Fsp3) is 0.204. The number of benzene rings is 11. The van der Waals surface area contributed by atoms with Gasteiger partial charge in [0.2, 0.25) is 0 Å². The zero-order chi connectivity index (χ0) is 79.8. The second kappa shape index (κ2) is 29.7. The number of hydrogen-bond donors (Lipinski definition) is 2. The molecule has 0 atom stereocenters. The third-order valence-electron chi connectivity index (χ3n) is 21.1. The topological polar surface area (TPSA) is 189 Å². The van der Waals surface area contributed by atoms with Gasteiger partial charge in [-0.2, -0.15) is 0 Å².